The highest BCUT2D eigenvalue weighted by Gasteiger charge is 2.39. The van der Waals surface area contributed by atoms with Crippen molar-refractivity contribution in [1.29, 1.82) is 0 Å². The maximum Gasteiger partial charge on any atom is 0.270 e. The van der Waals surface area contributed by atoms with E-state index in [9.17, 15) is 21.9 Å². The number of aliphatic hydroxyl groups is 1. The number of sulfone groups is 1. The Kier molecular flexibility index (Phi) is 11.3. The number of aliphatic hydroxyl groups excluding tert-OH is 1. The van der Waals surface area contributed by atoms with E-state index in [-0.39, 0.29) is 26.6 Å². The van der Waals surface area contributed by atoms with Crippen molar-refractivity contribution in [3.63, 3.8) is 0 Å². The molecule has 13 nitrogen and oxygen atoms in total. The smallest absolute Gasteiger partial charge is 0.270 e. The number of rotatable bonds is 9. The third-order valence-corrected chi connectivity index (χ3v) is 12.0. The first-order chi connectivity index (χ1) is 18.6. The summed E-state index contributed by atoms with van der Waals surface area (Å²) in [5, 5.41) is 20.9. The van der Waals surface area contributed by atoms with Crippen molar-refractivity contribution < 1.29 is 31.4 Å². The van der Waals surface area contributed by atoms with Gasteiger partial charge in [-0.25, -0.2) is 22.0 Å². The molecule has 0 amide bonds. The summed E-state index contributed by atoms with van der Waals surface area (Å²) in [6.07, 6.45) is -0.146. The summed E-state index contributed by atoms with van der Waals surface area (Å²) in [7, 11) is -7.33. The zero-order valence-electron chi connectivity index (χ0n) is 23.4. The van der Waals surface area contributed by atoms with Crippen LogP contribution in [0, 0.1) is 0 Å². The summed E-state index contributed by atoms with van der Waals surface area (Å²) in [6, 6.07) is 1.23. The van der Waals surface area contributed by atoms with Gasteiger partial charge in [0.25, 0.3) is 5.88 Å². The molecular formula is C23H40N6O7S4. The molecule has 0 aliphatic carbocycles. The Morgan fingerprint density at radius 3 is 2.58 bits per heavy atom. The third-order valence-electron chi connectivity index (χ3n) is 6.20. The number of nitrogens with zero attached hydrogens (tertiary/aromatic N) is 3. The molecule has 2 aliphatic heterocycles. The number of sulfonamides is 1. The van der Waals surface area contributed by atoms with Crippen molar-refractivity contribution in [2.24, 2.45) is 5.14 Å². The molecule has 17 heteroatoms. The predicted molar refractivity (Wildman–Crippen MR) is 156 cm³/mol. The van der Waals surface area contributed by atoms with Gasteiger partial charge in [-0.05, 0) is 46.7 Å². The van der Waals surface area contributed by atoms with E-state index >= 15 is 0 Å². The maximum absolute atomic E-state index is 12.2. The lowest BCUT2D eigenvalue weighted by atomic mass is 10.1. The van der Waals surface area contributed by atoms with Crippen molar-refractivity contribution in [2.75, 3.05) is 50.9 Å². The Bertz CT molecular complexity index is 1320. The van der Waals surface area contributed by atoms with Gasteiger partial charge in [0, 0.05) is 36.8 Å². The van der Waals surface area contributed by atoms with Crippen LogP contribution in [0.25, 0.3) is 0 Å². The Morgan fingerprint density at radius 1 is 1.30 bits per heavy atom. The highest BCUT2D eigenvalue weighted by Crippen LogP contribution is 2.42. The largest absolute Gasteiger partial charge is 0.472 e. The van der Waals surface area contributed by atoms with Crippen molar-refractivity contribution in [3.05, 3.63) is 11.6 Å². The van der Waals surface area contributed by atoms with Gasteiger partial charge in [0.05, 0.1) is 30.2 Å². The molecule has 0 spiro atoms. The van der Waals surface area contributed by atoms with Gasteiger partial charge in [-0.1, -0.05) is 6.92 Å². The third kappa shape index (κ3) is 8.78. The minimum Gasteiger partial charge on any atom is -0.472 e. The van der Waals surface area contributed by atoms with Crippen molar-refractivity contribution in [2.45, 2.75) is 72.4 Å². The SMILES string of the molecule is CC(C)(C)NC[C@H](O)COc1nsnc1N1CCOCC1.CCN[C@@H]1C[C@@H](C)S(=O)(=O)c2sc(S(N)(=O)=O)cc21. The van der Waals surface area contributed by atoms with E-state index in [0.29, 0.717) is 44.2 Å². The van der Waals surface area contributed by atoms with Gasteiger partial charge in [0.1, 0.15) is 21.1 Å². The lowest BCUT2D eigenvalue weighted by molar-refractivity contribution is 0.0975. The molecule has 0 saturated carbocycles. The first-order valence-electron chi connectivity index (χ1n) is 13.0. The molecule has 0 bridgehead atoms. The van der Waals surface area contributed by atoms with E-state index < -0.39 is 31.2 Å². The van der Waals surface area contributed by atoms with Gasteiger partial charge in [-0.2, -0.15) is 4.37 Å². The number of hydrogen-bond acceptors (Lipinski definition) is 14. The van der Waals surface area contributed by atoms with Crippen molar-refractivity contribution in [3.8, 4) is 5.88 Å². The predicted octanol–water partition coefficient (Wildman–Crippen LogP) is 1.11. The number of primary sulfonamides is 1. The minimum atomic E-state index is -3.88. The van der Waals surface area contributed by atoms with Crippen LogP contribution in [-0.2, 0) is 24.6 Å². The number of thiophene rings is 1. The Morgan fingerprint density at radius 2 is 1.98 bits per heavy atom. The Hall–Kier alpha value is -1.44. The normalized spacial score (nSPS) is 21.7. The van der Waals surface area contributed by atoms with E-state index in [1.54, 1.807) is 6.92 Å². The van der Waals surface area contributed by atoms with Crippen LogP contribution in [0.2, 0.25) is 0 Å². The van der Waals surface area contributed by atoms with Crippen LogP contribution < -0.4 is 25.4 Å². The highest BCUT2D eigenvalue weighted by atomic mass is 32.3. The van der Waals surface area contributed by atoms with E-state index in [0.717, 1.165) is 42.0 Å². The van der Waals surface area contributed by atoms with Crippen molar-refractivity contribution in [1.82, 2.24) is 19.4 Å². The van der Waals surface area contributed by atoms with Gasteiger partial charge in [-0.3, -0.25) is 0 Å². The Balaban J connectivity index is 0.000000222. The Labute approximate surface area is 244 Å². The van der Waals surface area contributed by atoms with Crippen LogP contribution in [0.4, 0.5) is 5.82 Å². The average Bonchev–Trinajstić information content (AvgIpc) is 3.54. The van der Waals surface area contributed by atoms with Crippen LogP contribution >= 0.6 is 23.1 Å². The second kappa shape index (κ2) is 13.7. The number of aromatic nitrogens is 2. The molecular weight excluding hydrogens is 601 g/mol. The number of hydrogen-bond donors (Lipinski definition) is 4. The lowest BCUT2D eigenvalue weighted by Crippen LogP contribution is -2.42. The van der Waals surface area contributed by atoms with Gasteiger partial charge in [-0.15, -0.1) is 15.7 Å². The van der Waals surface area contributed by atoms with Crippen LogP contribution in [0.1, 0.15) is 52.6 Å². The fourth-order valence-corrected chi connectivity index (χ4v) is 9.01. The first kappa shape index (κ1) is 33.1. The number of ether oxygens (including phenoxy) is 2. The van der Waals surface area contributed by atoms with E-state index in [1.165, 1.54) is 6.07 Å². The number of morpholine rings is 1. The zero-order chi connectivity index (χ0) is 29.7. The second-order valence-corrected chi connectivity index (χ2v) is 16.6. The summed E-state index contributed by atoms with van der Waals surface area (Å²) in [5.74, 6) is 1.25. The quantitative estimate of drug-likeness (QED) is 0.306. The zero-order valence-corrected chi connectivity index (χ0v) is 26.7. The summed E-state index contributed by atoms with van der Waals surface area (Å²) < 4.78 is 66.7. The van der Waals surface area contributed by atoms with Crippen molar-refractivity contribution >= 4 is 48.7 Å². The fraction of sp³-hybridized carbons (Fsp3) is 0.739. The monoisotopic (exact) mass is 640 g/mol. The van der Waals surface area contributed by atoms with Gasteiger partial charge >= 0.3 is 0 Å². The maximum atomic E-state index is 12.2. The molecule has 228 valence electrons. The first-order valence-corrected chi connectivity index (χ1v) is 17.6. The van der Waals surface area contributed by atoms with Crippen LogP contribution in [-0.4, -0.2) is 93.6 Å². The van der Waals surface area contributed by atoms with E-state index in [1.807, 2.05) is 6.92 Å². The summed E-state index contributed by atoms with van der Waals surface area (Å²) in [4.78, 5) is 2.10. The standard InChI is InChI=1S/C13H24N4O3S.C10H16N2O4S3/c1-13(2,3)14-8-10(18)9-20-12-11(15-21-16-12)17-4-6-19-7-5-17;1-3-12-8-4-6(2)18(13,14)10-7(8)5-9(17-10)19(11,15)16/h10,14,18H,4-9H2,1-3H3;5-6,8,12H,3-4H2,1-2H3,(H2,11,15,16)/t10-;6-,8-/m01/s1. The molecule has 2 aliphatic rings. The van der Waals surface area contributed by atoms with Gasteiger partial charge < -0.3 is 30.1 Å². The molecule has 4 heterocycles. The molecule has 1 fully saturated rings. The molecule has 1 saturated heterocycles. The average molecular weight is 641 g/mol. The molecule has 2 aromatic heterocycles. The fourth-order valence-electron chi connectivity index (χ4n) is 4.07. The molecule has 2 aromatic rings. The number of β-amino-alcohol motifs (C(OH)–C–C–N with tert-alkyl or cyclic N) is 1. The minimum absolute atomic E-state index is 0.0257. The van der Waals surface area contributed by atoms with Gasteiger partial charge in [0.15, 0.2) is 9.84 Å². The number of fused-ring (bicyclic) bond motifs is 1. The summed E-state index contributed by atoms with van der Waals surface area (Å²) in [5.41, 5.74) is 0.497. The summed E-state index contributed by atoms with van der Waals surface area (Å²) >= 11 is 1.87. The molecule has 0 unspecified atom stereocenters. The molecule has 4 rings (SSSR count). The van der Waals surface area contributed by atoms with E-state index in [4.69, 9.17) is 14.6 Å². The number of anilines is 1. The second-order valence-electron chi connectivity index (χ2n) is 10.6. The van der Waals surface area contributed by atoms with E-state index in [2.05, 4.69) is 45.1 Å². The number of nitrogens with two attached hydrogens (primary N) is 1. The molecule has 0 aromatic carbocycles. The lowest BCUT2D eigenvalue weighted by Gasteiger charge is -2.27. The van der Waals surface area contributed by atoms with Crippen LogP contribution in [0.3, 0.4) is 0 Å². The van der Waals surface area contributed by atoms with Gasteiger partial charge in [0.2, 0.25) is 15.8 Å². The highest BCUT2D eigenvalue weighted by molar-refractivity contribution is 7.95. The van der Waals surface area contributed by atoms with Crippen LogP contribution in [0.5, 0.6) is 5.88 Å². The molecule has 5 N–H and O–H groups in total. The molecule has 40 heavy (non-hydrogen) atoms. The van der Waals surface area contributed by atoms with Crippen LogP contribution in [0.15, 0.2) is 14.5 Å². The molecule has 3 atom stereocenters. The topological polar surface area (TPSA) is 186 Å². The summed E-state index contributed by atoms with van der Waals surface area (Å²) in [6.45, 7) is 14.0. The molecule has 0 radical (unpaired) electrons. The number of nitrogens with one attached hydrogen (secondary N) is 2.